The van der Waals surface area contributed by atoms with E-state index in [2.05, 4.69) is 10.2 Å². The average Bonchev–Trinajstić information content (AvgIpc) is 2.46. The predicted octanol–water partition coefficient (Wildman–Crippen LogP) is 2.32. The van der Waals surface area contributed by atoms with E-state index < -0.39 is 10.0 Å². The largest absolute Gasteiger partial charge is 0.325 e. The SMILES string of the molecule is CN(CC(=O)Nc1ccc(S(N)(=O)=O)cc1)C1CCCCCCC1. The number of sulfonamides is 1. The third-order valence-electron chi connectivity index (χ3n) is 4.56. The van der Waals surface area contributed by atoms with Gasteiger partial charge in [0.2, 0.25) is 15.9 Å². The molecular weight excluding hydrogens is 326 g/mol. The monoisotopic (exact) mass is 353 g/mol. The Morgan fingerprint density at radius 1 is 1.12 bits per heavy atom. The maximum Gasteiger partial charge on any atom is 0.238 e. The number of carbonyl (C=O) groups excluding carboxylic acids is 1. The molecule has 24 heavy (non-hydrogen) atoms. The van der Waals surface area contributed by atoms with Gasteiger partial charge in [0.1, 0.15) is 0 Å². The van der Waals surface area contributed by atoms with Crippen molar-refractivity contribution in [2.45, 2.75) is 55.9 Å². The molecule has 134 valence electrons. The van der Waals surface area contributed by atoms with Crippen molar-refractivity contribution in [2.24, 2.45) is 5.14 Å². The summed E-state index contributed by atoms with van der Waals surface area (Å²) in [4.78, 5) is 14.4. The Bertz CT molecular complexity index is 636. The van der Waals surface area contributed by atoms with Crippen LogP contribution in [0.25, 0.3) is 0 Å². The Kier molecular flexibility index (Phi) is 6.77. The lowest BCUT2D eigenvalue weighted by Crippen LogP contribution is -2.38. The summed E-state index contributed by atoms with van der Waals surface area (Å²) in [5.41, 5.74) is 0.568. The first kappa shape index (κ1) is 18.9. The van der Waals surface area contributed by atoms with Crippen LogP contribution in [0.15, 0.2) is 29.2 Å². The van der Waals surface area contributed by atoms with E-state index in [9.17, 15) is 13.2 Å². The number of hydrogen-bond acceptors (Lipinski definition) is 4. The van der Waals surface area contributed by atoms with Gasteiger partial charge in [0.05, 0.1) is 11.4 Å². The first-order chi connectivity index (χ1) is 11.4. The number of carbonyl (C=O) groups is 1. The molecule has 1 amide bonds. The second-order valence-electron chi connectivity index (χ2n) is 6.53. The van der Waals surface area contributed by atoms with Gasteiger partial charge in [-0.1, -0.05) is 32.1 Å². The van der Waals surface area contributed by atoms with Gasteiger partial charge in [-0.25, -0.2) is 13.6 Å². The maximum atomic E-state index is 12.2. The molecule has 1 aliphatic carbocycles. The van der Waals surface area contributed by atoms with Crippen molar-refractivity contribution in [1.29, 1.82) is 0 Å². The van der Waals surface area contributed by atoms with Gasteiger partial charge in [-0.2, -0.15) is 0 Å². The topological polar surface area (TPSA) is 92.5 Å². The standard InChI is InChI=1S/C17H27N3O3S/c1-20(15-7-5-3-2-4-6-8-15)13-17(21)19-14-9-11-16(12-10-14)24(18,22)23/h9-12,15H,2-8,13H2,1H3,(H,19,21)(H2,18,22,23). The molecule has 0 atom stereocenters. The molecule has 0 bridgehead atoms. The van der Waals surface area contributed by atoms with Crippen LogP contribution in [0.4, 0.5) is 5.69 Å². The van der Waals surface area contributed by atoms with E-state index in [1.165, 1.54) is 44.2 Å². The Balaban J connectivity index is 1.87. The lowest BCUT2D eigenvalue weighted by Gasteiger charge is -2.29. The highest BCUT2D eigenvalue weighted by atomic mass is 32.2. The molecule has 0 spiro atoms. The number of benzene rings is 1. The first-order valence-corrected chi connectivity index (χ1v) is 10.0. The van der Waals surface area contributed by atoms with Gasteiger partial charge in [0.15, 0.2) is 0 Å². The molecule has 7 heteroatoms. The van der Waals surface area contributed by atoms with Crippen LogP contribution < -0.4 is 10.5 Å². The van der Waals surface area contributed by atoms with E-state index in [1.807, 2.05) is 7.05 Å². The van der Waals surface area contributed by atoms with Crippen molar-refractivity contribution in [2.75, 3.05) is 18.9 Å². The third kappa shape index (κ3) is 5.89. The van der Waals surface area contributed by atoms with Crippen molar-refractivity contribution in [1.82, 2.24) is 4.90 Å². The minimum Gasteiger partial charge on any atom is -0.325 e. The van der Waals surface area contributed by atoms with Gasteiger partial charge in [-0.15, -0.1) is 0 Å². The van der Waals surface area contributed by atoms with Crippen molar-refractivity contribution in [3.63, 3.8) is 0 Å². The summed E-state index contributed by atoms with van der Waals surface area (Å²) < 4.78 is 22.4. The van der Waals surface area contributed by atoms with E-state index in [1.54, 1.807) is 12.1 Å². The molecule has 3 N–H and O–H groups in total. The van der Waals surface area contributed by atoms with Gasteiger partial charge in [-0.3, -0.25) is 9.69 Å². The highest BCUT2D eigenvalue weighted by Crippen LogP contribution is 2.20. The van der Waals surface area contributed by atoms with Gasteiger partial charge in [-0.05, 0) is 44.2 Å². The van der Waals surface area contributed by atoms with Crippen LogP contribution in [0.2, 0.25) is 0 Å². The zero-order chi connectivity index (χ0) is 17.6. The average molecular weight is 353 g/mol. The Hall–Kier alpha value is -1.44. The summed E-state index contributed by atoms with van der Waals surface area (Å²) in [6, 6.07) is 6.34. The molecule has 2 rings (SSSR count). The molecule has 0 aromatic heterocycles. The number of nitrogens with one attached hydrogen (secondary N) is 1. The lowest BCUT2D eigenvalue weighted by molar-refractivity contribution is -0.117. The molecule has 1 aromatic carbocycles. The van der Waals surface area contributed by atoms with E-state index in [0.717, 1.165) is 12.8 Å². The van der Waals surface area contributed by atoms with E-state index in [-0.39, 0.29) is 10.8 Å². The van der Waals surface area contributed by atoms with Crippen LogP contribution >= 0.6 is 0 Å². The predicted molar refractivity (Wildman–Crippen MR) is 95.2 cm³/mol. The molecule has 1 fully saturated rings. The van der Waals surface area contributed by atoms with Crippen LogP contribution in [0.3, 0.4) is 0 Å². The van der Waals surface area contributed by atoms with Crippen molar-refractivity contribution < 1.29 is 13.2 Å². The van der Waals surface area contributed by atoms with Gasteiger partial charge in [0, 0.05) is 11.7 Å². The maximum absolute atomic E-state index is 12.2. The molecule has 0 aliphatic heterocycles. The minimum atomic E-state index is -3.71. The Morgan fingerprint density at radius 3 is 2.21 bits per heavy atom. The van der Waals surface area contributed by atoms with Gasteiger partial charge >= 0.3 is 0 Å². The molecule has 1 aromatic rings. The fraction of sp³-hybridized carbons (Fsp3) is 0.588. The fourth-order valence-electron chi connectivity index (χ4n) is 3.16. The molecule has 0 radical (unpaired) electrons. The zero-order valence-electron chi connectivity index (χ0n) is 14.2. The smallest absolute Gasteiger partial charge is 0.238 e. The van der Waals surface area contributed by atoms with Crippen molar-refractivity contribution in [3.8, 4) is 0 Å². The molecule has 1 saturated carbocycles. The molecule has 0 unspecified atom stereocenters. The molecule has 0 heterocycles. The van der Waals surface area contributed by atoms with Crippen molar-refractivity contribution in [3.05, 3.63) is 24.3 Å². The number of nitrogens with two attached hydrogens (primary N) is 1. The number of primary sulfonamides is 1. The number of anilines is 1. The third-order valence-corrected chi connectivity index (χ3v) is 5.49. The molecule has 6 nitrogen and oxygen atoms in total. The Morgan fingerprint density at radius 2 is 1.67 bits per heavy atom. The normalized spacial score (nSPS) is 17.3. The van der Waals surface area contributed by atoms with Crippen LogP contribution in [0.5, 0.6) is 0 Å². The highest BCUT2D eigenvalue weighted by Gasteiger charge is 2.18. The van der Waals surface area contributed by atoms with Crippen LogP contribution in [-0.2, 0) is 14.8 Å². The highest BCUT2D eigenvalue weighted by molar-refractivity contribution is 7.89. The van der Waals surface area contributed by atoms with Crippen LogP contribution in [0, 0.1) is 0 Å². The summed E-state index contributed by atoms with van der Waals surface area (Å²) >= 11 is 0. The molecule has 1 aliphatic rings. The van der Waals surface area contributed by atoms with Crippen molar-refractivity contribution >= 4 is 21.6 Å². The quantitative estimate of drug-likeness (QED) is 0.849. The lowest BCUT2D eigenvalue weighted by atomic mass is 9.96. The summed E-state index contributed by atoms with van der Waals surface area (Å²) in [5, 5.41) is 7.86. The van der Waals surface area contributed by atoms with Crippen LogP contribution in [-0.4, -0.2) is 38.9 Å². The van der Waals surface area contributed by atoms with E-state index in [0.29, 0.717) is 18.3 Å². The second-order valence-corrected chi connectivity index (χ2v) is 8.09. The first-order valence-electron chi connectivity index (χ1n) is 8.49. The van der Waals surface area contributed by atoms with Gasteiger partial charge in [0.25, 0.3) is 0 Å². The fourth-order valence-corrected chi connectivity index (χ4v) is 3.67. The van der Waals surface area contributed by atoms with Gasteiger partial charge < -0.3 is 5.32 Å². The van der Waals surface area contributed by atoms with Crippen LogP contribution in [0.1, 0.15) is 44.9 Å². The molecule has 0 saturated heterocycles. The van der Waals surface area contributed by atoms with E-state index >= 15 is 0 Å². The summed E-state index contributed by atoms with van der Waals surface area (Å²) in [5.74, 6) is -0.0945. The minimum absolute atomic E-state index is 0.0344. The molecular formula is C17H27N3O3S. The second kappa shape index (κ2) is 8.60. The van der Waals surface area contributed by atoms with E-state index in [4.69, 9.17) is 5.14 Å². The number of hydrogen-bond donors (Lipinski definition) is 2. The number of likely N-dealkylation sites (N-methyl/N-ethyl adjacent to an activating group) is 1. The number of nitrogens with zero attached hydrogens (tertiary/aromatic N) is 1. The summed E-state index contributed by atoms with van der Waals surface area (Å²) in [6.45, 7) is 0.335. The number of amides is 1. The number of rotatable bonds is 5. The zero-order valence-corrected chi connectivity index (χ0v) is 15.0. The Labute approximate surface area is 144 Å². The summed E-state index contributed by atoms with van der Waals surface area (Å²) in [7, 11) is -1.71. The summed E-state index contributed by atoms with van der Waals surface area (Å²) in [6.07, 6.45) is 8.64.